The van der Waals surface area contributed by atoms with Crippen LogP contribution in [0.25, 0.3) is 0 Å². The molecule has 5 nitrogen and oxygen atoms in total. The van der Waals surface area contributed by atoms with Crippen molar-refractivity contribution < 1.29 is 29.4 Å². The molecule has 0 heterocycles. The zero-order valence-electron chi connectivity index (χ0n) is 7.86. The van der Waals surface area contributed by atoms with Crippen molar-refractivity contribution in [1.29, 1.82) is 0 Å². The standard InChI is InChI=1S/C7H5F3INO4S/c8-7(9,10)15-4-2-1-3-5(6(4)16-11)17(12,13)14/h1-3H,(H2,12,13,14). The topological polar surface area (TPSA) is 78.6 Å². The molecule has 0 aliphatic carbocycles. The first kappa shape index (κ1) is 14.3. The van der Waals surface area contributed by atoms with Crippen molar-refractivity contribution in [1.82, 2.24) is 0 Å². The van der Waals surface area contributed by atoms with Crippen molar-refractivity contribution in [3.05, 3.63) is 18.2 Å². The van der Waals surface area contributed by atoms with E-state index in [0.717, 1.165) is 18.2 Å². The van der Waals surface area contributed by atoms with Crippen LogP contribution < -0.4 is 12.9 Å². The van der Waals surface area contributed by atoms with E-state index in [1.807, 2.05) is 0 Å². The van der Waals surface area contributed by atoms with Crippen LogP contribution in [-0.4, -0.2) is 14.8 Å². The monoisotopic (exact) mass is 383 g/mol. The summed E-state index contributed by atoms with van der Waals surface area (Å²) in [5.74, 6) is -1.38. The van der Waals surface area contributed by atoms with Gasteiger partial charge in [0.1, 0.15) is 4.90 Å². The van der Waals surface area contributed by atoms with Crippen LogP contribution in [0.3, 0.4) is 0 Å². The lowest BCUT2D eigenvalue weighted by Gasteiger charge is -2.13. The van der Waals surface area contributed by atoms with Crippen molar-refractivity contribution in [2.24, 2.45) is 5.14 Å². The zero-order valence-corrected chi connectivity index (χ0v) is 10.8. The fourth-order valence-corrected chi connectivity index (χ4v) is 2.27. The van der Waals surface area contributed by atoms with Crippen LogP contribution in [0.1, 0.15) is 0 Å². The number of hydrogen-bond acceptors (Lipinski definition) is 4. The van der Waals surface area contributed by atoms with Gasteiger partial charge in [0.25, 0.3) is 0 Å². The van der Waals surface area contributed by atoms with Crippen LogP contribution in [0, 0.1) is 0 Å². The molecule has 0 bridgehead atoms. The summed E-state index contributed by atoms with van der Waals surface area (Å²) >= 11 is 1.23. The molecular weight excluding hydrogens is 378 g/mol. The minimum absolute atomic E-state index is 0.589. The molecule has 10 heteroatoms. The van der Waals surface area contributed by atoms with Crippen LogP contribution in [0.4, 0.5) is 13.2 Å². The summed E-state index contributed by atoms with van der Waals surface area (Å²) in [6.45, 7) is 0. The maximum Gasteiger partial charge on any atom is 0.573 e. The van der Waals surface area contributed by atoms with Crippen molar-refractivity contribution in [2.45, 2.75) is 11.3 Å². The number of alkyl halides is 3. The first-order valence-corrected chi connectivity index (χ1v) is 6.28. The SMILES string of the molecule is NS(=O)(=O)c1cccc(OC(F)(F)F)c1OI. The molecule has 0 saturated heterocycles. The highest BCUT2D eigenvalue weighted by atomic mass is 127. The maximum absolute atomic E-state index is 12.0. The molecule has 0 amide bonds. The number of sulfonamides is 1. The number of rotatable bonds is 3. The Balaban J connectivity index is 3.34. The van der Waals surface area contributed by atoms with E-state index in [9.17, 15) is 21.6 Å². The Hall–Kier alpha value is -0.750. The summed E-state index contributed by atoms with van der Waals surface area (Å²) < 4.78 is 66.4. The van der Waals surface area contributed by atoms with E-state index < -0.39 is 32.8 Å². The number of hydrogen-bond donors (Lipinski definition) is 1. The molecule has 0 unspecified atom stereocenters. The maximum atomic E-state index is 12.0. The summed E-state index contributed by atoms with van der Waals surface area (Å²) in [4.78, 5) is -0.589. The van der Waals surface area contributed by atoms with Gasteiger partial charge in [0, 0.05) is 0 Å². The molecule has 17 heavy (non-hydrogen) atoms. The van der Waals surface area contributed by atoms with E-state index in [4.69, 9.17) is 5.14 Å². The molecular formula is C7H5F3INO4S. The Labute approximate surface area is 108 Å². The van der Waals surface area contributed by atoms with Gasteiger partial charge in [0.05, 0.1) is 0 Å². The highest BCUT2D eigenvalue weighted by molar-refractivity contribution is 14.1. The molecule has 0 spiro atoms. The minimum atomic E-state index is -4.96. The van der Waals surface area contributed by atoms with E-state index in [2.05, 4.69) is 7.80 Å². The molecule has 96 valence electrons. The molecule has 0 radical (unpaired) electrons. The molecule has 0 atom stereocenters. The third-order valence-electron chi connectivity index (χ3n) is 1.55. The van der Waals surface area contributed by atoms with Gasteiger partial charge in [-0.1, -0.05) is 6.07 Å². The number of para-hydroxylation sites is 1. The molecule has 1 aromatic rings. The lowest BCUT2D eigenvalue weighted by molar-refractivity contribution is -0.275. The summed E-state index contributed by atoms with van der Waals surface area (Å²) in [5.41, 5.74) is 0. The first-order chi connectivity index (χ1) is 7.65. The second-order valence-corrected chi connectivity index (χ2v) is 4.72. The van der Waals surface area contributed by atoms with Crippen LogP contribution in [0.5, 0.6) is 11.5 Å². The van der Waals surface area contributed by atoms with Crippen LogP contribution in [-0.2, 0) is 10.0 Å². The summed E-state index contributed by atoms with van der Waals surface area (Å²) in [7, 11) is -4.20. The summed E-state index contributed by atoms with van der Waals surface area (Å²) in [5, 5.41) is 4.82. The van der Waals surface area contributed by atoms with E-state index in [1.165, 1.54) is 23.0 Å². The van der Waals surface area contributed by atoms with Gasteiger partial charge >= 0.3 is 6.36 Å². The Bertz CT molecular complexity index is 516. The van der Waals surface area contributed by atoms with E-state index in [0.29, 0.717) is 0 Å². The number of primary sulfonamides is 1. The van der Waals surface area contributed by atoms with Gasteiger partial charge in [-0.25, -0.2) is 13.6 Å². The van der Waals surface area contributed by atoms with Gasteiger partial charge in [0.2, 0.25) is 10.0 Å². The Morgan fingerprint density at radius 2 is 1.88 bits per heavy atom. The van der Waals surface area contributed by atoms with E-state index in [-0.39, 0.29) is 0 Å². The molecule has 0 aliphatic rings. The van der Waals surface area contributed by atoms with Gasteiger partial charge in [-0.05, 0) is 12.1 Å². The van der Waals surface area contributed by atoms with Gasteiger partial charge in [0.15, 0.2) is 34.5 Å². The average Bonchev–Trinajstić information content (AvgIpc) is 2.13. The fourth-order valence-electron chi connectivity index (χ4n) is 1.00. The molecule has 0 fully saturated rings. The van der Waals surface area contributed by atoms with Gasteiger partial charge in [-0.2, -0.15) is 0 Å². The largest absolute Gasteiger partial charge is 0.573 e. The van der Waals surface area contributed by atoms with Crippen LogP contribution in [0.15, 0.2) is 23.1 Å². The van der Waals surface area contributed by atoms with E-state index in [1.54, 1.807) is 0 Å². The number of benzene rings is 1. The fraction of sp³-hybridized carbons (Fsp3) is 0.143. The highest BCUT2D eigenvalue weighted by Gasteiger charge is 2.33. The van der Waals surface area contributed by atoms with Gasteiger partial charge in [-0.3, -0.25) is 0 Å². The Morgan fingerprint density at radius 3 is 2.29 bits per heavy atom. The van der Waals surface area contributed by atoms with Gasteiger partial charge < -0.3 is 7.80 Å². The Kier molecular flexibility index (Phi) is 4.09. The lowest BCUT2D eigenvalue weighted by Crippen LogP contribution is -2.19. The predicted molar refractivity (Wildman–Crippen MR) is 59.1 cm³/mol. The van der Waals surface area contributed by atoms with Crippen molar-refractivity contribution in [2.75, 3.05) is 0 Å². The van der Waals surface area contributed by atoms with Crippen molar-refractivity contribution >= 4 is 33.0 Å². The molecule has 1 aromatic carbocycles. The third kappa shape index (κ3) is 3.89. The molecule has 0 aromatic heterocycles. The molecule has 0 aliphatic heterocycles. The first-order valence-electron chi connectivity index (χ1n) is 3.85. The number of halogens is 4. The van der Waals surface area contributed by atoms with Crippen LogP contribution in [0.2, 0.25) is 0 Å². The number of ether oxygens (including phenoxy) is 1. The normalized spacial score (nSPS) is 12.3. The smallest absolute Gasteiger partial charge is 0.422 e. The third-order valence-corrected chi connectivity index (χ3v) is 2.93. The molecule has 1 rings (SSSR count). The van der Waals surface area contributed by atoms with Crippen molar-refractivity contribution in [3.8, 4) is 11.5 Å². The summed E-state index contributed by atoms with van der Waals surface area (Å²) in [6, 6.07) is 2.97. The van der Waals surface area contributed by atoms with Crippen molar-refractivity contribution in [3.63, 3.8) is 0 Å². The van der Waals surface area contributed by atoms with Gasteiger partial charge in [-0.15, -0.1) is 13.2 Å². The zero-order chi connectivity index (χ0) is 13.3. The second kappa shape index (κ2) is 4.86. The van der Waals surface area contributed by atoms with E-state index >= 15 is 0 Å². The average molecular weight is 383 g/mol. The minimum Gasteiger partial charge on any atom is -0.422 e. The second-order valence-electron chi connectivity index (χ2n) is 2.75. The summed E-state index contributed by atoms with van der Waals surface area (Å²) in [6.07, 6.45) is -4.96. The highest BCUT2D eigenvalue weighted by Crippen LogP contribution is 2.37. The quantitative estimate of drug-likeness (QED) is 0.810. The molecule has 0 saturated carbocycles. The Morgan fingerprint density at radius 1 is 1.29 bits per heavy atom. The van der Waals surface area contributed by atoms with Crippen LogP contribution >= 0.6 is 23.0 Å². The molecule has 2 N–H and O–H groups in total. The predicted octanol–water partition coefficient (Wildman–Crippen LogP) is 1.96. The number of nitrogens with two attached hydrogens (primary N) is 1. The lowest BCUT2D eigenvalue weighted by atomic mass is 10.3.